The lowest BCUT2D eigenvalue weighted by molar-refractivity contribution is -0.142. The molecule has 3 rings (SSSR count). The fourth-order valence-electron chi connectivity index (χ4n) is 4.03. The summed E-state index contributed by atoms with van der Waals surface area (Å²) in [6.07, 6.45) is 4.70. The van der Waals surface area contributed by atoms with Crippen LogP contribution >= 0.6 is 0 Å². The molecule has 1 saturated heterocycles. The minimum absolute atomic E-state index is 0.0682. The van der Waals surface area contributed by atoms with E-state index in [1.165, 1.54) is 0 Å². The number of carboxylic acids is 1. The van der Waals surface area contributed by atoms with Gasteiger partial charge >= 0.3 is 12.0 Å². The van der Waals surface area contributed by atoms with E-state index >= 15 is 0 Å². The minimum Gasteiger partial charge on any atom is -0.497 e. The van der Waals surface area contributed by atoms with Gasteiger partial charge in [-0.3, -0.25) is 4.79 Å². The molecular formula is C20H29N3O4. The summed E-state index contributed by atoms with van der Waals surface area (Å²) in [6, 6.07) is 8.00. The van der Waals surface area contributed by atoms with Crippen LogP contribution in [0.1, 0.15) is 38.5 Å². The van der Waals surface area contributed by atoms with E-state index in [0.29, 0.717) is 12.8 Å². The molecule has 3 N–H and O–H groups in total. The van der Waals surface area contributed by atoms with Crippen molar-refractivity contribution in [2.24, 2.45) is 5.92 Å². The third kappa shape index (κ3) is 5.28. The molecule has 1 aliphatic carbocycles. The number of hydrogen-bond acceptors (Lipinski definition) is 4. The second kappa shape index (κ2) is 8.97. The van der Waals surface area contributed by atoms with Gasteiger partial charge in [0.05, 0.1) is 13.0 Å². The maximum absolute atomic E-state index is 12.4. The predicted molar refractivity (Wildman–Crippen MR) is 103 cm³/mol. The van der Waals surface area contributed by atoms with Crippen molar-refractivity contribution in [3.05, 3.63) is 24.3 Å². The third-order valence-corrected chi connectivity index (χ3v) is 5.59. The molecule has 27 heavy (non-hydrogen) atoms. The average Bonchev–Trinajstić information content (AvgIpc) is 2.68. The van der Waals surface area contributed by atoms with Crippen molar-refractivity contribution < 1.29 is 19.4 Å². The zero-order chi connectivity index (χ0) is 19.2. The van der Waals surface area contributed by atoms with Crippen LogP contribution in [0.5, 0.6) is 5.75 Å². The molecule has 7 heteroatoms. The van der Waals surface area contributed by atoms with E-state index < -0.39 is 5.97 Å². The Balaban J connectivity index is 1.47. The van der Waals surface area contributed by atoms with E-state index in [0.717, 1.165) is 50.2 Å². The number of nitrogens with one attached hydrogen (secondary N) is 2. The number of benzene rings is 1. The first-order chi connectivity index (χ1) is 13.0. The van der Waals surface area contributed by atoms with Crippen molar-refractivity contribution in [1.82, 2.24) is 10.6 Å². The van der Waals surface area contributed by atoms with E-state index in [4.69, 9.17) is 9.84 Å². The quantitative estimate of drug-likeness (QED) is 0.736. The molecular weight excluding hydrogens is 346 g/mol. The van der Waals surface area contributed by atoms with Gasteiger partial charge in [0.25, 0.3) is 0 Å². The maximum atomic E-state index is 12.4. The number of hydrogen-bond donors (Lipinski definition) is 3. The lowest BCUT2D eigenvalue weighted by Gasteiger charge is -2.35. The lowest BCUT2D eigenvalue weighted by atomic mass is 9.86. The summed E-state index contributed by atoms with van der Waals surface area (Å²) in [5.74, 6) is -0.157. The number of ether oxygens (including phenoxy) is 1. The number of carbonyl (C=O) groups excluding carboxylic acids is 1. The largest absolute Gasteiger partial charge is 0.497 e. The highest BCUT2D eigenvalue weighted by atomic mass is 16.5. The summed E-state index contributed by atoms with van der Waals surface area (Å²) in [5.41, 5.74) is 1.10. The van der Waals surface area contributed by atoms with E-state index in [9.17, 15) is 9.59 Å². The monoisotopic (exact) mass is 375 g/mol. The van der Waals surface area contributed by atoms with Gasteiger partial charge in [0, 0.05) is 36.9 Å². The van der Waals surface area contributed by atoms with Gasteiger partial charge in [-0.1, -0.05) is 6.07 Å². The molecule has 148 valence electrons. The van der Waals surface area contributed by atoms with Crippen LogP contribution in [-0.4, -0.2) is 49.4 Å². The molecule has 0 radical (unpaired) electrons. The molecule has 1 aliphatic heterocycles. The summed E-state index contributed by atoms with van der Waals surface area (Å²) in [5, 5.41) is 15.2. The van der Waals surface area contributed by atoms with Crippen LogP contribution in [-0.2, 0) is 4.79 Å². The Kier molecular flexibility index (Phi) is 6.42. The summed E-state index contributed by atoms with van der Waals surface area (Å²) >= 11 is 0. The standard InChI is InChI=1S/C20H29N3O4/c1-27-18-6-2-5-17(12-18)23-11-3-4-16(13-23)22-20(26)21-15-9-7-14(8-10-15)19(24)25/h2,5-6,12,14-16H,3-4,7-11,13H2,1H3,(H,24,25)(H2,21,22,26). The number of carboxylic acid groups (broad SMARTS) is 1. The molecule has 2 fully saturated rings. The van der Waals surface area contributed by atoms with Gasteiger partial charge in [-0.2, -0.15) is 0 Å². The first-order valence-corrected chi connectivity index (χ1v) is 9.74. The molecule has 1 aromatic rings. The molecule has 0 bridgehead atoms. The van der Waals surface area contributed by atoms with Gasteiger partial charge in [-0.25, -0.2) is 4.79 Å². The number of rotatable bonds is 5. The molecule has 2 aliphatic rings. The fourth-order valence-corrected chi connectivity index (χ4v) is 4.03. The Morgan fingerprint density at radius 3 is 2.56 bits per heavy atom. The number of methoxy groups -OCH3 is 1. The van der Waals surface area contributed by atoms with Gasteiger partial charge in [0.2, 0.25) is 0 Å². The van der Waals surface area contributed by atoms with Gasteiger partial charge in [0.15, 0.2) is 0 Å². The van der Waals surface area contributed by atoms with Gasteiger partial charge in [-0.15, -0.1) is 0 Å². The number of nitrogens with zero attached hydrogens (tertiary/aromatic N) is 1. The Morgan fingerprint density at radius 2 is 1.85 bits per heavy atom. The first kappa shape index (κ1) is 19.3. The predicted octanol–water partition coefficient (Wildman–Crippen LogP) is 2.61. The number of aliphatic carboxylic acids is 1. The summed E-state index contributed by atoms with van der Waals surface area (Å²) in [6.45, 7) is 1.73. The third-order valence-electron chi connectivity index (χ3n) is 5.59. The first-order valence-electron chi connectivity index (χ1n) is 9.74. The Bertz CT molecular complexity index is 658. The second-order valence-corrected chi connectivity index (χ2v) is 7.49. The van der Waals surface area contributed by atoms with Crippen LogP contribution in [0.2, 0.25) is 0 Å². The van der Waals surface area contributed by atoms with Crippen LogP contribution in [0.15, 0.2) is 24.3 Å². The molecule has 1 unspecified atom stereocenters. The van der Waals surface area contributed by atoms with Crippen LogP contribution in [0.3, 0.4) is 0 Å². The van der Waals surface area contributed by atoms with Crippen molar-refractivity contribution >= 4 is 17.7 Å². The SMILES string of the molecule is COc1cccc(N2CCCC(NC(=O)NC3CCC(C(=O)O)CC3)C2)c1. The molecule has 0 spiro atoms. The normalized spacial score (nSPS) is 25.5. The second-order valence-electron chi connectivity index (χ2n) is 7.49. The van der Waals surface area contributed by atoms with Gasteiger partial charge in [-0.05, 0) is 50.7 Å². The minimum atomic E-state index is -0.724. The van der Waals surface area contributed by atoms with E-state index in [-0.39, 0.29) is 24.0 Å². The van der Waals surface area contributed by atoms with Crippen molar-refractivity contribution in [3.8, 4) is 5.75 Å². The van der Waals surface area contributed by atoms with Crippen LogP contribution in [0.4, 0.5) is 10.5 Å². The number of urea groups is 1. The molecule has 0 aromatic heterocycles. The highest BCUT2D eigenvalue weighted by Crippen LogP contribution is 2.25. The Morgan fingerprint density at radius 1 is 1.11 bits per heavy atom. The van der Waals surface area contributed by atoms with E-state index in [1.54, 1.807) is 7.11 Å². The summed E-state index contributed by atoms with van der Waals surface area (Å²) in [7, 11) is 1.66. The lowest BCUT2D eigenvalue weighted by Crippen LogP contribution is -2.52. The summed E-state index contributed by atoms with van der Waals surface area (Å²) < 4.78 is 5.30. The highest BCUT2D eigenvalue weighted by Gasteiger charge is 2.28. The zero-order valence-electron chi connectivity index (χ0n) is 15.8. The molecule has 7 nitrogen and oxygen atoms in total. The smallest absolute Gasteiger partial charge is 0.315 e. The van der Waals surface area contributed by atoms with Crippen molar-refractivity contribution in [2.45, 2.75) is 50.6 Å². The number of piperidine rings is 1. The van der Waals surface area contributed by atoms with Crippen molar-refractivity contribution in [1.29, 1.82) is 0 Å². The van der Waals surface area contributed by atoms with Crippen LogP contribution in [0, 0.1) is 5.92 Å². The Hall–Kier alpha value is -2.44. The number of carbonyl (C=O) groups is 2. The Labute approximate surface area is 160 Å². The van der Waals surface area contributed by atoms with Crippen molar-refractivity contribution in [2.75, 3.05) is 25.1 Å². The molecule has 2 amide bonds. The summed E-state index contributed by atoms with van der Waals surface area (Å²) in [4.78, 5) is 25.7. The average molecular weight is 375 g/mol. The molecule has 1 saturated carbocycles. The van der Waals surface area contributed by atoms with E-state index in [1.807, 2.05) is 18.2 Å². The molecule has 1 atom stereocenters. The highest BCUT2D eigenvalue weighted by molar-refractivity contribution is 5.75. The topological polar surface area (TPSA) is 90.9 Å². The van der Waals surface area contributed by atoms with Gasteiger partial charge in [0.1, 0.15) is 5.75 Å². The molecule has 1 aromatic carbocycles. The van der Waals surface area contributed by atoms with Gasteiger partial charge < -0.3 is 25.4 Å². The maximum Gasteiger partial charge on any atom is 0.315 e. The number of amides is 2. The van der Waals surface area contributed by atoms with E-state index in [2.05, 4.69) is 21.6 Å². The van der Waals surface area contributed by atoms with Crippen LogP contribution < -0.4 is 20.3 Å². The van der Waals surface area contributed by atoms with Crippen molar-refractivity contribution in [3.63, 3.8) is 0 Å². The number of anilines is 1. The van der Waals surface area contributed by atoms with Crippen LogP contribution in [0.25, 0.3) is 0 Å². The molecule has 1 heterocycles. The fraction of sp³-hybridized carbons (Fsp3) is 0.600. The zero-order valence-corrected chi connectivity index (χ0v) is 15.8.